The molecule has 9 heteroatoms. The number of nitrogens with one attached hydrogen (secondary N) is 1. The van der Waals surface area contributed by atoms with Crippen LogP contribution in [0.5, 0.6) is 0 Å². The number of benzene rings is 2. The van der Waals surface area contributed by atoms with E-state index in [1.165, 1.54) is 5.56 Å². The lowest BCUT2D eigenvalue weighted by atomic mass is 10.0. The Balaban J connectivity index is 1.30. The molecule has 1 saturated heterocycles. The maximum atomic E-state index is 13.1. The van der Waals surface area contributed by atoms with Gasteiger partial charge in [-0.1, -0.05) is 37.3 Å². The summed E-state index contributed by atoms with van der Waals surface area (Å²) in [6.45, 7) is 5.05. The summed E-state index contributed by atoms with van der Waals surface area (Å²) in [4.78, 5) is 29.0. The van der Waals surface area contributed by atoms with Crippen molar-refractivity contribution in [2.45, 2.75) is 56.5 Å². The lowest BCUT2D eigenvalue weighted by molar-refractivity contribution is -0.121. The fourth-order valence-electron chi connectivity index (χ4n) is 4.79. The van der Waals surface area contributed by atoms with Crippen molar-refractivity contribution >= 4 is 43.3 Å². The molecular weight excluding hydrogens is 530 g/mol. The lowest BCUT2D eigenvalue weighted by Crippen LogP contribution is -2.44. The first-order chi connectivity index (χ1) is 16.8. The zero-order valence-corrected chi connectivity index (χ0v) is 22.4. The first-order valence-corrected chi connectivity index (χ1v) is 14.6. The highest BCUT2D eigenvalue weighted by atomic mass is 79.9. The predicted molar refractivity (Wildman–Crippen MR) is 140 cm³/mol. The molecule has 1 fully saturated rings. The number of carbonyl (C=O) groups excluding carboxylic acids is 2. The zero-order chi connectivity index (χ0) is 25.0. The van der Waals surface area contributed by atoms with Gasteiger partial charge in [0.15, 0.2) is 9.84 Å². The molecule has 0 radical (unpaired) electrons. The number of anilines is 1. The Morgan fingerprint density at radius 2 is 1.80 bits per heavy atom. The van der Waals surface area contributed by atoms with Crippen molar-refractivity contribution in [3.63, 3.8) is 0 Å². The van der Waals surface area contributed by atoms with Crippen LogP contribution in [0.1, 0.15) is 43.7 Å². The number of amides is 2. The van der Waals surface area contributed by atoms with Gasteiger partial charge in [0.05, 0.1) is 10.6 Å². The van der Waals surface area contributed by atoms with E-state index in [2.05, 4.69) is 38.3 Å². The van der Waals surface area contributed by atoms with Gasteiger partial charge in [-0.15, -0.1) is 0 Å². The van der Waals surface area contributed by atoms with Gasteiger partial charge in [-0.05, 0) is 58.5 Å². The summed E-state index contributed by atoms with van der Waals surface area (Å²) >= 11 is 3.39. The molecule has 0 saturated carbocycles. The topological polar surface area (TPSA) is 86.8 Å². The fourth-order valence-corrected chi connectivity index (χ4v) is 7.24. The summed E-state index contributed by atoms with van der Waals surface area (Å²) in [6, 6.07) is 13.8. The van der Waals surface area contributed by atoms with Gasteiger partial charge in [-0.25, -0.2) is 8.42 Å². The normalized spacial score (nSPS) is 16.8. The number of carbonyl (C=O) groups is 2. The number of rotatable bonds is 8. The molecule has 188 valence electrons. The third-order valence-corrected chi connectivity index (χ3v) is 9.43. The Morgan fingerprint density at radius 3 is 2.49 bits per heavy atom. The molecular formula is C26H32BrN3O4S. The molecule has 0 aromatic heterocycles. The summed E-state index contributed by atoms with van der Waals surface area (Å²) in [7, 11) is -3.70. The van der Waals surface area contributed by atoms with Crippen LogP contribution in [0.4, 0.5) is 5.69 Å². The smallest absolute Gasteiger partial charge is 0.226 e. The van der Waals surface area contributed by atoms with Gasteiger partial charge in [0.25, 0.3) is 0 Å². The molecule has 0 aliphatic carbocycles. The molecule has 2 aliphatic heterocycles. The number of hydrogen-bond donors (Lipinski definition) is 1. The van der Waals surface area contributed by atoms with Gasteiger partial charge in [-0.2, -0.15) is 0 Å². The van der Waals surface area contributed by atoms with E-state index in [0.717, 1.165) is 38.0 Å². The summed E-state index contributed by atoms with van der Waals surface area (Å²) in [5.41, 5.74) is 2.89. The molecule has 1 N–H and O–H groups in total. The Kier molecular flexibility index (Phi) is 8.29. The maximum absolute atomic E-state index is 13.1. The molecule has 2 aromatic rings. The first-order valence-electron chi connectivity index (χ1n) is 12.2. The van der Waals surface area contributed by atoms with E-state index in [9.17, 15) is 18.0 Å². The van der Waals surface area contributed by atoms with E-state index in [0.29, 0.717) is 29.5 Å². The molecule has 4 rings (SSSR count). The number of piperidine rings is 1. The van der Waals surface area contributed by atoms with Crippen LogP contribution >= 0.6 is 15.9 Å². The average molecular weight is 563 g/mol. The highest BCUT2D eigenvalue weighted by molar-refractivity contribution is 9.10. The van der Waals surface area contributed by atoms with E-state index in [1.54, 1.807) is 24.0 Å². The minimum Gasteiger partial charge on any atom is -0.353 e. The van der Waals surface area contributed by atoms with Crippen LogP contribution in [0.3, 0.4) is 0 Å². The molecule has 0 spiro atoms. The third kappa shape index (κ3) is 6.32. The van der Waals surface area contributed by atoms with Gasteiger partial charge in [0.1, 0.15) is 0 Å². The quantitative estimate of drug-likeness (QED) is 0.531. The Morgan fingerprint density at radius 1 is 1.09 bits per heavy atom. The monoisotopic (exact) mass is 561 g/mol. The van der Waals surface area contributed by atoms with Crippen LogP contribution in [0.25, 0.3) is 0 Å². The number of hydrogen-bond acceptors (Lipinski definition) is 5. The van der Waals surface area contributed by atoms with Gasteiger partial charge >= 0.3 is 0 Å². The number of sulfone groups is 1. The van der Waals surface area contributed by atoms with Crippen LogP contribution in [-0.2, 0) is 32.4 Å². The molecule has 2 aromatic carbocycles. The van der Waals surface area contributed by atoms with Gasteiger partial charge in [0, 0.05) is 55.2 Å². The minimum atomic E-state index is -3.70. The fraction of sp³-hybridized carbons (Fsp3) is 0.462. The lowest BCUT2D eigenvalue weighted by Gasteiger charge is -2.32. The van der Waals surface area contributed by atoms with Crippen molar-refractivity contribution in [2.75, 3.05) is 30.3 Å². The van der Waals surface area contributed by atoms with Crippen LogP contribution in [-0.4, -0.2) is 56.6 Å². The summed E-state index contributed by atoms with van der Waals surface area (Å²) in [5.74, 6) is -0.538. The van der Waals surface area contributed by atoms with Crippen LogP contribution in [0.2, 0.25) is 0 Å². The first kappa shape index (κ1) is 25.9. The van der Waals surface area contributed by atoms with Gasteiger partial charge < -0.3 is 10.2 Å². The second-order valence-electron chi connectivity index (χ2n) is 9.23. The van der Waals surface area contributed by atoms with Crippen molar-refractivity contribution in [2.24, 2.45) is 0 Å². The second kappa shape index (κ2) is 11.2. The van der Waals surface area contributed by atoms with Crippen molar-refractivity contribution in [3.8, 4) is 0 Å². The van der Waals surface area contributed by atoms with Crippen molar-refractivity contribution in [3.05, 3.63) is 58.1 Å². The number of fused-ring (bicyclic) bond motifs is 1. The molecule has 0 bridgehead atoms. The summed E-state index contributed by atoms with van der Waals surface area (Å²) < 4.78 is 26.7. The highest BCUT2D eigenvalue weighted by Gasteiger charge is 2.29. The predicted octanol–water partition coefficient (Wildman–Crippen LogP) is 3.69. The molecule has 2 amide bonds. The van der Waals surface area contributed by atoms with E-state index >= 15 is 0 Å². The molecule has 2 aliphatic rings. The zero-order valence-electron chi connectivity index (χ0n) is 20.0. The number of nitrogens with zero attached hydrogens (tertiary/aromatic N) is 2. The molecule has 7 nitrogen and oxygen atoms in total. The maximum Gasteiger partial charge on any atom is 0.226 e. The van der Waals surface area contributed by atoms with Crippen LogP contribution in [0.15, 0.2) is 51.8 Å². The Hall–Kier alpha value is -2.23. The SMILES string of the molecule is CCC(=O)N1CCc2cc(Br)c(S(=O)(=O)CCC(=O)NC3CCN(Cc4ccccc4)CC3)cc21. The van der Waals surface area contributed by atoms with E-state index in [4.69, 9.17) is 0 Å². The van der Waals surface area contributed by atoms with E-state index in [1.807, 2.05) is 18.2 Å². The minimum absolute atomic E-state index is 0.0244. The Labute approximate surface area is 215 Å². The van der Waals surface area contributed by atoms with Crippen molar-refractivity contribution in [1.29, 1.82) is 0 Å². The highest BCUT2D eigenvalue weighted by Crippen LogP contribution is 2.36. The third-order valence-electron chi connectivity index (χ3n) is 6.77. The van der Waals surface area contributed by atoms with Gasteiger partial charge in [0.2, 0.25) is 11.8 Å². The Bertz CT molecular complexity index is 1180. The second-order valence-corrected chi connectivity index (χ2v) is 12.2. The van der Waals surface area contributed by atoms with Crippen LogP contribution in [0, 0.1) is 0 Å². The summed E-state index contributed by atoms with van der Waals surface area (Å²) in [5, 5.41) is 3.02. The van der Waals surface area contributed by atoms with Gasteiger partial charge in [-0.3, -0.25) is 14.5 Å². The largest absolute Gasteiger partial charge is 0.353 e. The van der Waals surface area contributed by atoms with Crippen molar-refractivity contribution < 1.29 is 18.0 Å². The van der Waals surface area contributed by atoms with Crippen LogP contribution < -0.4 is 10.2 Å². The van der Waals surface area contributed by atoms with E-state index in [-0.39, 0.29) is 34.9 Å². The molecule has 0 unspecified atom stereocenters. The number of likely N-dealkylation sites (tertiary alicyclic amines) is 1. The molecule has 35 heavy (non-hydrogen) atoms. The van der Waals surface area contributed by atoms with E-state index < -0.39 is 9.84 Å². The summed E-state index contributed by atoms with van der Waals surface area (Å²) in [6.07, 6.45) is 2.68. The molecule has 2 heterocycles. The molecule has 0 atom stereocenters. The van der Waals surface area contributed by atoms with Crippen molar-refractivity contribution in [1.82, 2.24) is 10.2 Å². The average Bonchev–Trinajstić information content (AvgIpc) is 3.26. The standard InChI is InChI=1S/C26H32BrN3O4S/c1-2-26(32)30-14-8-20-16-22(27)24(17-23(20)30)35(33,34)15-11-25(31)28-21-9-12-29(13-10-21)18-19-6-4-3-5-7-19/h3-7,16-17,21H,2,8-15,18H2,1H3,(H,28,31). The number of halogens is 1.